The number of hydrogen-bond donors (Lipinski definition) is 2. The molecule has 8 nitrogen and oxygen atoms in total. The molecule has 8 heteroatoms. The summed E-state index contributed by atoms with van der Waals surface area (Å²) in [5.41, 5.74) is 1.08. The number of ketones is 1. The highest BCUT2D eigenvalue weighted by molar-refractivity contribution is 5.79. The van der Waals surface area contributed by atoms with E-state index in [1.165, 1.54) is 0 Å². The smallest absolute Gasteiger partial charge is 0.178 e. The Bertz CT molecular complexity index is 680. The van der Waals surface area contributed by atoms with Gasteiger partial charge in [0.2, 0.25) is 0 Å². The quantitative estimate of drug-likeness (QED) is 0.735. The van der Waals surface area contributed by atoms with Crippen LogP contribution in [-0.2, 0) is 11.2 Å². The number of aromatic nitrogens is 5. The second kappa shape index (κ2) is 8.84. The van der Waals surface area contributed by atoms with Gasteiger partial charge in [0.25, 0.3) is 0 Å². The van der Waals surface area contributed by atoms with Crippen molar-refractivity contribution in [3.63, 3.8) is 0 Å². The van der Waals surface area contributed by atoms with Crippen molar-refractivity contribution < 1.29 is 4.79 Å². The molecule has 26 heavy (non-hydrogen) atoms. The minimum Gasteiger partial charge on any atom is -0.354 e. The van der Waals surface area contributed by atoms with E-state index in [4.69, 9.17) is 0 Å². The van der Waals surface area contributed by atoms with Gasteiger partial charge in [-0.1, -0.05) is 24.6 Å². The second-order valence-corrected chi connectivity index (χ2v) is 6.85. The van der Waals surface area contributed by atoms with E-state index in [1.54, 1.807) is 6.92 Å². The summed E-state index contributed by atoms with van der Waals surface area (Å²) >= 11 is 0. The molecule has 0 unspecified atom stereocenters. The number of pyridine rings is 1. The van der Waals surface area contributed by atoms with E-state index in [9.17, 15) is 4.79 Å². The Morgan fingerprint density at radius 3 is 2.69 bits per heavy atom. The predicted octanol–water partition coefficient (Wildman–Crippen LogP) is 1.34. The van der Waals surface area contributed by atoms with Gasteiger partial charge in [-0.25, -0.2) is 4.98 Å². The van der Waals surface area contributed by atoms with Crippen molar-refractivity contribution in [2.24, 2.45) is 5.92 Å². The summed E-state index contributed by atoms with van der Waals surface area (Å²) in [5, 5.41) is 17.9. The molecule has 3 heterocycles. The molecule has 0 bridgehead atoms. The Labute approximate surface area is 153 Å². The third-order valence-corrected chi connectivity index (χ3v) is 5.01. The van der Waals surface area contributed by atoms with Crippen molar-refractivity contribution in [3.8, 4) is 0 Å². The van der Waals surface area contributed by atoms with E-state index in [2.05, 4.69) is 54.9 Å². The van der Waals surface area contributed by atoms with Crippen LogP contribution in [0, 0.1) is 5.92 Å². The van der Waals surface area contributed by atoms with Crippen molar-refractivity contribution >= 4 is 11.6 Å². The maximum Gasteiger partial charge on any atom is 0.178 e. The van der Waals surface area contributed by atoms with Crippen molar-refractivity contribution in [2.75, 3.05) is 31.1 Å². The fourth-order valence-corrected chi connectivity index (χ4v) is 3.61. The van der Waals surface area contributed by atoms with Crippen LogP contribution in [0.5, 0.6) is 0 Å². The number of carbonyl (C=O) groups is 1. The molecular weight excluding hydrogens is 330 g/mol. The molecular formula is C18H27N7O. The summed E-state index contributed by atoms with van der Waals surface area (Å²) < 4.78 is 0. The van der Waals surface area contributed by atoms with Gasteiger partial charge in [-0.15, -0.1) is 10.2 Å². The van der Waals surface area contributed by atoms with Crippen LogP contribution in [-0.4, -0.2) is 57.6 Å². The lowest BCUT2D eigenvalue weighted by Crippen LogP contribution is -2.43. The molecule has 0 amide bonds. The first-order chi connectivity index (χ1) is 12.7. The number of aromatic amines is 1. The molecule has 1 aliphatic rings. The molecule has 2 atom stereocenters. The lowest BCUT2D eigenvalue weighted by Gasteiger charge is -2.28. The number of tetrazole rings is 1. The minimum atomic E-state index is -0.106. The van der Waals surface area contributed by atoms with Gasteiger partial charge in [-0.2, -0.15) is 5.21 Å². The molecule has 2 aromatic heterocycles. The molecule has 1 aliphatic heterocycles. The van der Waals surface area contributed by atoms with E-state index in [-0.39, 0.29) is 17.6 Å². The fraction of sp³-hybridized carbons (Fsp3) is 0.611. The molecule has 0 aromatic carbocycles. The minimum absolute atomic E-state index is 0.0852. The summed E-state index contributed by atoms with van der Waals surface area (Å²) in [6, 6.07) is 4.16. The van der Waals surface area contributed by atoms with Gasteiger partial charge in [-0.3, -0.25) is 4.79 Å². The van der Waals surface area contributed by atoms with Crippen LogP contribution < -0.4 is 10.2 Å². The molecule has 2 N–H and O–H groups in total. The van der Waals surface area contributed by atoms with E-state index in [0.717, 1.165) is 50.4 Å². The molecule has 0 aliphatic carbocycles. The predicted molar refractivity (Wildman–Crippen MR) is 99.0 cm³/mol. The third kappa shape index (κ3) is 4.43. The van der Waals surface area contributed by atoms with Crippen LogP contribution in [0.4, 0.5) is 5.82 Å². The molecule has 140 valence electrons. The molecule has 2 aromatic rings. The van der Waals surface area contributed by atoms with Crippen molar-refractivity contribution in [3.05, 3.63) is 29.7 Å². The Morgan fingerprint density at radius 2 is 2.12 bits per heavy atom. The Balaban J connectivity index is 1.77. The van der Waals surface area contributed by atoms with Gasteiger partial charge in [-0.05, 0) is 31.4 Å². The molecule has 1 saturated heterocycles. The summed E-state index contributed by atoms with van der Waals surface area (Å²) in [7, 11) is 0. The van der Waals surface area contributed by atoms with Crippen molar-refractivity contribution in [2.45, 2.75) is 39.0 Å². The summed E-state index contributed by atoms with van der Waals surface area (Å²) in [5.74, 6) is 1.59. The number of nitrogens with one attached hydrogen (secondary N) is 2. The van der Waals surface area contributed by atoms with E-state index in [0.29, 0.717) is 12.2 Å². The summed E-state index contributed by atoms with van der Waals surface area (Å²) in [6.07, 6.45) is 4.35. The average Bonchev–Trinajstić information content (AvgIpc) is 3.20. The van der Waals surface area contributed by atoms with Crippen LogP contribution in [0.2, 0.25) is 0 Å². The second-order valence-electron chi connectivity index (χ2n) is 6.85. The first-order valence-corrected chi connectivity index (χ1v) is 9.33. The van der Waals surface area contributed by atoms with Crippen LogP contribution in [0.1, 0.15) is 44.0 Å². The van der Waals surface area contributed by atoms with Crippen molar-refractivity contribution in [1.29, 1.82) is 0 Å². The highest BCUT2D eigenvalue weighted by Crippen LogP contribution is 2.30. The van der Waals surface area contributed by atoms with Crippen LogP contribution >= 0.6 is 0 Å². The lowest BCUT2D eigenvalue weighted by molar-refractivity contribution is -0.121. The first kappa shape index (κ1) is 18.4. The maximum absolute atomic E-state index is 12.2. The van der Waals surface area contributed by atoms with E-state index < -0.39 is 0 Å². The van der Waals surface area contributed by atoms with Crippen molar-refractivity contribution in [1.82, 2.24) is 30.9 Å². The Morgan fingerprint density at radius 1 is 1.31 bits per heavy atom. The zero-order valence-electron chi connectivity index (χ0n) is 15.5. The average molecular weight is 357 g/mol. The normalized spacial score (nSPS) is 17.1. The zero-order valence-corrected chi connectivity index (χ0v) is 15.5. The van der Waals surface area contributed by atoms with E-state index >= 15 is 0 Å². The van der Waals surface area contributed by atoms with Gasteiger partial charge < -0.3 is 10.2 Å². The largest absolute Gasteiger partial charge is 0.354 e. The number of nitrogens with zero attached hydrogens (tertiary/aromatic N) is 5. The zero-order chi connectivity index (χ0) is 18.4. The molecule has 0 spiro atoms. The van der Waals surface area contributed by atoms with Gasteiger partial charge in [0.1, 0.15) is 11.6 Å². The first-order valence-electron chi connectivity index (χ1n) is 9.33. The highest BCUT2D eigenvalue weighted by atomic mass is 16.1. The van der Waals surface area contributed by atoms with Crippen LogP contribution in [0.25, 0.3) is 0 Å². The Hall–Kier alpha value is -2.35. The maximum atomic E-state index is 12.2. The van der Waals surface area contributed by atoms with Crippen LogP contribution in [0.15, 0.2) is 18.3 Å². The number of carbonyl (C=O) groups excluding carboxylic acids is 1. The van der Waals surface area contributed by atoms with Gasteiger partial charge in [0, 0.05) is 44.2 Å². The van der Waals surface area contributed by atoms with Crippen LogP contribution in [0.3, 0.4) is 0 Å². The number of Topliss-reactive ketones (excluding diaryl/α,β-unsaturated/α-hetero) is 1. The number of hydrogen-bond acceptors (Lipinski definition) is 7. The van der Waals surface area contributed by atoms with Gasteiger partial charge in [0.15, 0.2) is 5.82 Å². The SMILES string of the molecule is CCC[C@H](C(C)=O)[C@H](Cc1ccc(N2CCNCC2)nc1)c1nn[nH]n1. The fourth-order valence-electron chi connectivity index (χ4n) is 3.61. The highest BCUT2D eigenvalue weighted by Gasteiger charge is 2.30. The number of piperazine rings is 1. The summed E-state index contributed by atoms with van der Waals surface area (Å²) in [4.78, 5) is 19.1. The number of anilines is 1. The third-order valence-electron chi connectivity index (χ3n) is 5.01. The number of H-pyrrole nitrogens is 1. The van der Waals surface area contributed by atoms with Gasteiger partial charge in [0.05, 0.1) is 0 Å². The Kier molecular flexibility index (Phi) is 6.27. The number of rotatable bonds is 8. The standard InChI is InChI=1S/C18H27N7O/c1-3-4-15(13(2)26)16(18-21-23-24-22-18)11-14-5-6-17(20-12-14)25-9-7-19-8-10-25/h5-6,12,15-16,19H,3-4,7-11H2,1-2H3,(H,21,22,23,24)/t15-,16+/m1/s1. The monoisotopic (exact) mass is 357 g/mol. The molecule has 3 rings (SSSR count). The van der Waals surface area contributed by atoms with Gasteiger partial charge >= 0.3 is 0 Å². The topological polar surface area (TPSA) is 99.7 Å². The molecule has 1 fully saturated rings. The summed E-state index contributed by atoms with van der Waals surface area (Å²) in [6.45, 7) is 7.66. The molecule has 0 saturated carbocycles. The van der Waals surface area contributed by atoms with E-state index in [1.807, 2.05) is 6.20 Å². The lowest BCUT2D eigenvalue weighted by atomic mass is 9.81. The molecule has 0 radical (unpaired) electrons.